The number of hydrogen-bond donors (Lipinski definition) is 1. The number of fused-ring (bicyclic) bond motifs is 1. The van der Waals surface area contributed by atoms with Gasteiger partial charge in [-0.25, -0.2) is 0 Å². The van der Waals surface area contributed by atoms with Crippen LogP contribution in [0.5, 0.6) is 5.75 Å². The molecule has 1 fully saturated rings. The molecule has 0 saturated carbocycles. The van der Waals surface area contributed by atoms with Crippen molar-refractivity contribution in [1.82, 2.24) is 15.1 Å². The summed E-state index contributed by atoms with van der Waals surface area (Å²) in [5, 5.41) is 14.5. The van der Waals surface area contributed by atoms with E-state index in [1.807, 2.05) is 44.2 Å². The van der Waals surface area contributed by atoms with Crippen molar-refractivity contribution in [2.24, 2.45) is 0 Å². The Morgan fingerprint density at radius 3 is 2.75 bits per heavy atom. The number of likely N-dealkylation sites (tertiary alicyclic amines) is 1. The number of carbonyl (C=O) groups excluding carboxylic acids is 2. The van der Waals surface area contributed by atoms with Gasteiger partial charge in [-0.05, 0) is 45.4 Å². The highest BCUT2D eigenvalue weighted by atomic mass is 16.7. The quantitative estimate of drug-likeness (QED) is 0.185. The molecule has 190 valence electrons. The first-order valence-electron chi connectivity index (χ1n) is 12.3. The summed E-state index contributed by atoms with van der Waals surface area (Å²) in [4.78, 5) is 25.4. The van der Waals surface area contributed by atoms with Gasteiger partial charge in [-0.3, -0.25) is 14.5 Å². The third kappa shape index (κ3) is 6.16. The predicted molar refractivity (Wildman–Crippen MR) is 137 cm³/mol. The molecule has 0 spiro atoms. The molecule has 4 rings (SSSR count). The Kier molecular flexibility index (Phi) is 8.80. The predicted octanol–water partition coefficient (Wildman–Crippen LogP) is 3.92. The highest BCUT2D eigenvalue weighted by molar-refractivity contribution is 6.01. The van der Waals surface area contributed by atoms with Crippen LogP contribution in [0.4, 0.5) is 5.82 Å². The minimum atomic E-state index is -0.198. The van der Waals surface area contributed by atoms with Crippen molar-refractivity contribution >= 4 is 28.8 Å². The lowest BCUT2D eigenvalue weighted by Crippen LogP contribution is -2.44. The Balaban J connectivity index is 1.61. The average molecular weight is 493 g/mol. The average Bonchev–Trinajstić information content (AvgIpc) is 2.89. The highest BCUT2D eigenvalue weighted by Gasteiger charge is 2.24. The topological polar surface area (TPSA) is 103 Å². The lowest BCUT2D eigenvalue weighted by atomic mass is 10.0. The van der Waals surface area contributed by atoms with Gasteiger partial charge in [0.25, 0.3) is 0 Å². The number of nitrogens with zero attached hydrogens (tertiary/aromatic N) is 3. The fourth-order valence-electron chi connectivity index (χ4n) is 4.42. The number of benzene rings is 2. The molecule has 2 heterocycles. The van der Waals surface area contributed by atoms with Crippen molar-refractivity contribution < 1.29 is 23.8 Å². The maximum atomic E-state index is 11.9. The molecule has 1 unspecified atom stereocenters. The van der Waals surface area contributed by atoms with Crippen LogP contribution in [0, 0.1) is 0 Å². The van der Waals surface area contributed by atoms with Gasteiger partial charge < -0.3 is 19.5 Å². The number of rotatable bonds is 11. The van der Waals surface area contributed by atoms with E-state index in [4.69, 9.17) is 14.2 Å². The summed E-state index contributed by atoms with van der Waals surface area (Å²) in [7, 11) is 0. The number of hydrogen-bond acceptors (Lipinski definition) is 9. The largest absolute Gasteiger partial charge is 0.467 e. The van der Waals surface area contributed by atoms with Crippen LogP contribution in [0.1, 0.15) is 37.0 Å². The first-order valence-corrected chi connectivity index (χ1v) is 12.3. The number of aromatic nitrogens is 2. The molecule has 1 atom stereocenters. The zero-order valence-electron chi connectivity index (χ0n) is 20.7. The number of esters is 1. The van der Waals surface area contributed by atoms with Crippen LogP contribution in [0.2, 0.25) is 0 Å². The van der Waals surface area contributed by atoms with E-state index in [9.17, 15) is 9.59 Å². The second-order valence-electron chi connectivity index (χ2n) is 8.59. The molecule has 1 N–H and O–H groups in total. The van der Waals surface area contributed by atoms with Crippen molar-refractivity contribution in [2.75, 3.05) is 45.0 Å². The first-order chi connectivity index (χ1) is 17.6. The Morgan fingerprint density at radius 1 is 1.14 bits per heavy atom. The molecule has 0 bridgehead atoms. The third-order valence-corrected chi connectivity index (χ3v) is 6.09. The molecule has 1 saturated heterocycles. The van der Waals surface area contributed by atoms with Crippen LogP contribution in [0.15, 0.2) is 42.5 Å². The van der Waals surface area contributed by atoms with Crippen LogP contribution in [-0.4, -0.2) is 73.0 Å². The SMILES string of the molecule is CCOCOc1cc(C=O)ccc1-c1nnc(NC2CCCN(CC(=O)OCC)C2)c2ccccc12. The van der Waals surface area contributed by atoms with Gasteiger partial charge in [-0.15, -0.1) is 10.2 Å². The van der Waals surface area contributed by atoms with E-state index in [1.165, 1.54) is 0 Å². The first kappa shape index (κ1) is 25.5. The van der Waals surface area contributed by atoms with E-state index in [0.717, 1.165) is 48.6 Å². The number of piperidine rings is 1. The Hall–Kier alpha value is -3.56. The van der Waals surface area contributed by atoms with E-state index < -0.39 is 0 Å². The van der Waals surface area contributed by atoms with Gasteiger partial charge in [-0.1, -0.05) is 30.3 Å². The smallest absolute Gasteiger partial charge is 0.320 e. The highest BCUT2D eigenvalue weighted by Crippen LogP contribution is 2.36. The van der Waals surface area contributed by atoms with Crippen molar-refractivity contribution in [2.45, 2.75) is 32.7 Å². The summed E-state index contributed by atoms with van der Waals surface area (Å²) in [6.07, 6.45) is 2.73. The summed E-state index contributed by atoms with van der Waals surface area (Å²) in [6.45, 7) is 6.56. The molecule has 3 aromatic rings. The molecule has 36 heavy (non-hydrogen) atoms. The molecule has 0 amide bonds. The minimum absolute atomic E-state index is 0.0702. The van der Waals surface area contributed by atoms with Gasteiger partial charge in [0.15, 0.2) is 12.6 Å². The second-order valence-corrected chi connectivity index (χ2v) is 8.59. The van der Waals surface area contributed by atoms with E-state index in [0.29, 0.717) is 42.6 Å². The van der Waals surface area contributed by atoms with Gasteiger partial charge in [0.05, 0.1) is 13.2 Å². The van der Waals surface area contributed by atoms with Crippen molar-refractivity contribution in [3.63, 3.8) is 0 Å². The monoisotopic (exact) mass is 492 g/mol. The maximum absolute atomic E-state index is 11.9. The summed E-state index contributed by atoms with van der Waals surface area (Å²) in [5.74, 6) is 1.00. The lowest BCUT2D eigenvalue weighted by Gasteiger charge is -2.32. The third-order valence-electron chi connectivity index (χ3n) is 6.09. The Labute approximate surface area is 210 Å². The second kappa shape index (κ2) is 12.4. The van der Waals surface area contributed by atoms with Gasteiger partial charge in [0.1, 0.15) is 17.7 Å². The van der Waals surface area contributed by atoms with Gasteiger partial charge in [0, 0.05) is 41.1 Å². The standard InChI is InChI=1S/C27H32N4O5/c1-3-34-18-36-24-14-19(17-32)11-12-23(24)26-21-9-5-6-10-22(21)27(30-29-26)28-20-8-7-13-31(15-20)16-25(33)35-4-2/h5-6,9-12,14,17,20H,3-4,7-8,13,15-16,18H2,1-2H3,(H,28,30). The fraction of sp³-hybridized carbons (Fsp3) is 0.407. The number of nitrogens with one attached hydrogen (secondary N) is 1. The van der Waals surface area contributed by atoms with Crippen molar-refractivity contribution in [3.8, 4) is 17.0 Å². The minimum Gasteiger partial charge on any atom is -0.467 e. The molecule has 0 aliphatic carbocycles. The molecular formula is C27H32N4O5. The zero-order chi connectivity index (χ0) is 25.3. The number of ether oxygens (including phenoxy) is 3. The van der Waals surface area contributed by atoms with Crippen LogP contribution in [0.25, 0.3) is 22.0 Å². The molecular weight excluding hydrogens is 460 g/mol. The van der Waals surface area contributed by atoms with Gasteiger partial charge >= 0.3 is 5.97 Å². The molecule has 1 aromatic heterocycles. The number of anilines is 1. The van der Waals surface area contributed by atoms with E-state index in [1.54, 1.807) is 12.1 Å². The van der Waals surface area contributed by atoms with Crippen molar-refractivity contribution in [1.29, 1.82) is 0 Å². The van der Waals surface area contributed by atoms with Crippen LogP contribution < -0.4 is 10.1 Å². The molecule has 9 nitrogen and oxygen atoms in total. The molecule has 9 heteroatoms. The summed E-state index contributed by atoms with van der Waals surface area (Å²) in [5.41, 5.74) is 1.90. The number of aldehydes is 1. The van der Waals surface area contributed by atoms with Crippen LogP contribution in [0.3, 0.4) is 0 Å². The Bertz CT molecular complexity index is 1200. The van der Waals surface area contributed by atoms with Crippen molar-refractivity contribution in [3.05, 3.63) is 48.0 Å². The van der Waals surface area contributed by atoms with E-state index in [2.05, 4.69) is 20.4 Å². The summed E-state index contributed by atoms with van der Waals surface area (Å²) >= 11 is 0. The summed E-state index contributed by atoms with van der Waals surface area (Å²) in [6, 6.07) is 13.3. The maximum Gasteiger partial charge on any atom is 0.320 e. The molecule has 0 radical (unpaired) electrons. The van der Waals surface area contributed by atoms with E-state index in [-0.39, 0.29) is 18.8 Å². The molecule has 1 aliphatic heterocycles. The molecule has 2 aromatic carbocycles. The fourth-order valence-corrected chi connectivity index (χ4v) is 4.42. The Morgan fingerprint density at radius 2 is 1.97 bits per heavy atom. The van der Waals surface area contributed by atoms with Gasteiger partial charge in [0.2, 0.25) is 0 Å². The normalized spacial score (nSPS) is 16.0. The van der Waals surface area contributed by atoms with Gasteiger partial charge in [-0.2, -0.15) is 0 Å². The molecule has 1 aliphatic rings. The summed E-state index contributed by atoms with van der Waals surface area (Å²) < 4.78 is 16.3. The van der Waals surface area contributed by atoms with Crippen LogP contribution in [-0.2, 0) is 14.3 Å². The zero-order valence-corrected chi connectivity index (χ0v) is 20.7. The van der Waals surface area contributed by atoms with E-state index >= 15 is 0 Å². The van der Waals surface area contributed by atoms with Crippen LogP contribution >= 0.6 is 0 Å². The number of carbonyl (C=O) groups is 2. The lowest BCUT2D eigenvalue weighted by molar-refractivity contribution is -0.144.